The molecule has 0 saturated carbocycles. The Morgan fingerprint density at radius 1 is 1.18 bits per heavy atom. The maximum absolute atomic E-state index is 13.4. The Kier molecular flexibility index (Phi) is 3.61. The number of H-pyrrole nitrogens is 1. The van der Waals surface area contributed by atoms with E-state index in [0.717, 1.165) is 24.0 Å². The number of rotatable bonds is 3. The van der Waals surface area contributed by atoms with E-state index >= 15 is 0 Å². The molecule has 0 spiro atoms. The summed E-state index contributed by atoms with van der Waals surface area (Å²) in [6.07, 6.45) is 2.45. The number of aryl methyl sites for hydroxylation is 2. The minimum absolute atomic E-state index is 0.0712. The smallest absolute Gasteiger partial charge is 0.262 e. The van der Waals surface area contributed by atoms with Crippen LogP contribution in [0.25, 0.3) is 22.2 Å². The quantitative estimate of drug-likeness (QED) is 0.577. The van der Waals surface area contributed by atoms with Crippen LogP contribution >= 0.6 is 0 Å². The van der Waals surface area contributed by atoms with Crippen LogP contribution < -0.4 is 10.7 Å². The van der Waals surface area contributed by atoms with Crippen molar-refractivity contribution in [2.24, 2.45) is 0 Å². The van der Waals surface area contributed by atoms with Gasteiger partial charge in [0.25, 0.3) is 5.91 Å². The van der Waals surface area contributed by atoms with E-state index in [1.165, 1.54) is 12.1 Å². The van der Waals surface area contributed by atoms with E-state index in [4.69, 9.17) is 0 Å². The Labute approximate surface area is 158 Å². The second-order valence-electron chi connectivity index (χ2n) is 6.76. The molecule has 3 heterocycles. The molecule has 2 aromatic carbocycles. The molecular weight excluding hydrogens is 359 g/mol. The van der Waals surface area contributed by atoms with Gasteiger partial charge in [-0.1, -0.05) is 24.3 Å². The molecule has 7 heteroatoms. The zero-order valence-corrected chi connectivity index (χ0v) is 14.7. The van der Waals surface area contributed by atoms with E-state index in [1.807, 2.05) is 16.7 Å². The number of aromatic nitrogens is 3. The van der Waals surface area contributed by atoms with E-state index < -0.39 is 5.91 Å². The number of pyridine rings is 1. The predicted octanol–water partition coefficient (Wildman–Crippen LogP) is 3.34. The number of benzene rings is 2. The maximum Gasteiger partial charge on any atom is 0.262 e. The number of hydrogen-bond donors (Lipinski definition) is 2. The van der Waals surface area contributed by atoms with Crippen LogP contribution in [0.2, 0.25) is 0 Å². The van der Waals surface area contributed by atoms with Gasteiger partial charge >= 0.3 is 0 Å². The number of hydrogen-bond acceptors (Lipinski definition) is 3. The van der Waals surface area contributed by atoms with Gasteiger partial charge in [-0.2, -0.15) is 5.10 Å². The van der Waals surface area contributed by atoms with Gasteiger partial charge in [0.05, 0.1) is 11.2 Å². The molecule has 28 heavy (non-hydrogen) atoms. The Bertz CT molecular complexity index is 1310. The van der Waals surface area contributed by atoms with Gasteiger partial charge < -0.3 is 9.88 Å². The van der Waals surface area contributed by atoms with E-state index in [1.54, 1.807) is 30.5 Å². The van der Waals surface area contributed by atoms with Crippen molar-refractivity contribution in [3.8, 4) is 11.3 Å². The molecule has 0 fully saturated rings. The van der Waals surface area contributed by atoms with Crippen LogP contribution in [0.3, 0.4) is 0 Å². The molecule has 138 valence electrons. The standard InChI is InChI=1S/C21H15FN4O2/c22-14-5-1-4-13(9-14)17-10-18(25-24-17)23-21(28)16-11-26-8-7-12-3-2-6-15(19(12)26)20(16)27/h1-6,9-11H,7-8H2,(H2,23,24,25,28). The molecule has 0 aliphatic carbocycles. The van der Waals surface area contributed by atoms with E-state index in [0.29, 0.717) is 16.6 Å². The topological polar surface area (TPSA) is 79.8 Å². The third-order valence-electron chi connectivity index (χ3n) is 5.00. The zero-order chi connectivity index (χ0) is 19.3. The molecule has 0 atom stereocenters. The zero-order valence-electron chi connectivity index (χ0n) is 14.7. The van der Waals surface area contributed by atoms with Gasteiger partial charge in [0.1, 0.15) is 11.4 Å². The Hall–Kier alpha value is -3.74. The predicted molar refractivity (Wildman–Crippen MR) is 104 cm³/mol. The first-order chi connectivity index (χ1) is 13.6. The fourth-order valence-corrected chi connectivity index (χ4v) is 3.69. The molecule has 4 aromatic rings. The first kappa shape index (κ1) is 16.4. The van der Waals surface area contributed by atoms with Crippen molar-refractivity contribution in [3.05, 3.63) is 81.9 Å². The summed E-state index contributed by atoms with van der Waals surface area (Å²) in [4.78, 5) is 25.5. The highest BCUT2D eigenvalue weighted by atomic mass is 19.1. The van der Waals surface area contributed by atoms with Crippen molar-refractivity contribution >= 4 is 22.6 Å². The van der Waals surface area contributed by atoms with E-state index in [2.05, 4.69) is 15.5 Å². The molecule has 0 radical (unpaired) electrons. The monoisotopic (exact) mass is 374 g/mol. The van der Waals surface area contributed by atoms with Crippen molar-refractivity contribution in [2.45, 2.75) is 13.0 Å². The molecule has 6 nitrogen and oxygen atoms in total. The van der Waals surface area contributed by atoms with Crippen LogP contribution in [0.1, 0.15) is 15.9 Å². The molecule has 1 amide bonds. The molecule has 2 aromatic heterocycles. The number of carbonyl (C=O) groups excluding carboxylic acids is 1. The normalized spacial score (nSPS) is 12.5. The number of anilines is 1. The van der Waals surface area contributed by atoms with Gasteiger partial charge in [0.2, 0.25) is 5.43 Å². The average molecular weight is 374 g/mol. The first-order valence-electron chi connectivity index (χ1n) is 8.88. The summed E-state index contributed by atoms with van der Waals surface area (Å²) >= 11 is 0. The molecule has 0 bridgehead atoms. The first-order valence-corrected chi connectivity index (χ1v) is 8.88. The van der Waals surface area contributed by atoms with Gasteiger partial charge in [-0.15, -0.1) is 0 Å². The Morgan fingerprint density at radius 3 is 2.89 bits per heavy atom. The van der Waals surface area contributed by atoms with Crippen LogP contribution in [0, 0.1) is 5.82 Å². The molecule has 1 aliphatic heterocycles. The summed E-state index contributed by atoms with van der Waals surface area (Å²) in [5, 5.41) is 10.0. The molecule has 2 N–H and O–H groups in total. The largest absolute Gasteiger partial charge is 0.346 e. The number of nitrogens with one attached hydrogen (secondary N) is 2. The van der Waals surface area contributed by atoms with Crippen molar-refractivity contribution in [3.63, 3.8) is 0 Å². The number of aromatic amines is 1. The molecule has 1 aliphatic rings. The fourth-order valence-electron chi connectivity index (χ4n) is 3.69. The number of halogens is 1. The van der Waals surface area contributed by atoms with Crippen LogP contribution in [-0.2, 0) is 13.0 Å². The number of amides is 1. The Morgan fingerprint density at radius 2 is 2.04 bits per heavy atom. The second-order valence-corrected chi connectivity index (χ2v) is 6.76. The highest BCUT2D eigenvalue weighted by Crippen LogP contribution is 2.24. The van der Waals surface area contributed by atoms with Crippen molar-refractivity contribution in [2.75, 3.05) is 5.32 Å². The van der Waals surface area contributed by atoms with Crippen LogP contribution in [0.15, 0.2) is 59.5 Å². The van der Waals surface area contributed by atoms with Gasteiger partial charge in [0, 0.05) is 29.8 Å². The molecule has 0 unspecified atom stereocenters. The second kappa shape index (κ2) is 6.16. The van der Waals surface area contributed by atoms with Gasteiger partial charge in [-0.25, -0.2) is 4.39 Å². The van der Waals surface area contributed by atoms with Crippen molar-refractivity contribution < 1.29 is 9.18 Å². The van der Waals surface area contributed by atoms with Gasteiger partial charge in [-0.3, -0.25) is 14.7 Å². The summed E-state index contributed by atoms with van der Waals surface area (Å²) in [6.45, 7) is 0.739. The average Bonchev–Trinajstić information content (AvgIpc) is 3.32. The van der Waals surface area contributed by atoms with Crippen molar-refractivity contribution in [1.82, 2.24) is 14.8 Å². The third kappa shape index (κ3) is 2.60. The Balaban J connectivity index is 1.48. The van der Waals surface area contributed by atoms with E-state index in [-0.39, 0.29) is 22.6 Å². The maximum atomic E-state index is 13.4. The summed E-state index contributed by atoms with van der Waals surface area (Å²) in [5.74, 6) is -0.622. The van der Waals surface area contributed by atoms with Gasteiger partial charge in [0.15, 0.2) is 5.82 Å². The third-order valence-corrected chi connectivity index (χ3v) is 5.00. The molecule has 0 saturated heterocycles. The van der Waals surface area contributed by atoms with Crippen LogP contribution in [0.5, 0.6) is 0 Å². The van der Waals surface area contributed by atoms with Crippen LogP contribution in [-0.4, -0.2) is 20.7 Å². The van der Waals surface area contributed by atoms with Gasteiger partial charge in [-0.05, 0) is 30.2 Å². The lowest BCUT2D eigenvalue weighted by Crippen LogP contribution is -2.23. The number of para-hydroxylation sites is 1. The van der Waals surface area contributed by atoms with Crippen molar-refractivity contribution in [1.29, 1.82) is 0 Å². The summed E-state index contributed by atoms with van der Waals surface area (Å²) in [5.41, 5.74) is 2.97. The summed E-state index contributed by atoms with van der Waals surface area (Å²) < 4.78 is 15.3. The molecular formula is C21H15FN4O2. The highest BCUT2D eigenvalue weighted by Gasteiger charge is 2.21. The minimum atomic E-state index is -0.523. The lowest BCUT2D eigenvalue weighted by molar-refractivity contribution is 0.102. The SMILES string of the molecule is O=C(Nc1cc(-c2cccc(F)c2)[nH]n1)c1cn2c3c(cccc3c1=O)CC2. The number of nitrogens with zero attached hydrogens (tertiary/aromatic N) is 2. The lowest BCUT2D eigenvalue weighted by Gasteiger charge is -2.08. The minimum Gasteiger partial charge on any atom is -0.346 e. The van der Waals surface area contributed by atoms with E-state index in [9.17, 15) is 14.0 Å². The summed E-state index contributed by atoms with van der Waals surface area (Å²) in [6, 6.07) is 13.2. The highest BCUT2D eigenvalue weighted by molar-refractivity contribution is 6.05. The lowest BCUT2D eigenvalue weighted by atomic mass is 10.1. The summed E-state index contributed by atoms with van der Waals surface area (Å²) in [7, 11) is 0. The fraction of sp³-hybridized carbons (Fsp3) is 0.0952. The molecule has 5 rings (SSSR count). The van der Waals surface area contributed by atoms with Crippen LogP contribution in [0.4, 0.5) is 10.2 Å². The number of carbonyl (C=O) groups is 1.